The van der Waals surface area contributed by atoms with Gasteiger partial charge >= 0.3 is 5.97 Å². The lowest BCUT2D eigenvalue weighted by molar-refractivity contribution is 0.0158. The number of piperidine rings is 1. The van der Waals surface area contributed by atoms with E-state index < -0.39 is 5.97 Å². The average molecular weight is 281 g/mol. The molecule has 20 heavy (non-hydrogen) atoms. The summed E-state index contributed by atoms with van der Waals surface area (Å²) < 4.78 is 10.1. The van der Waals surface area contributed by atoms with Gasteiger partial charge in [-0.2, -0.15) is 0 Å². The molecule has 1 aromatic rings. The van der Waals surface area contributed by atoms with Crippen molar-refractivity contribution < 1.29 is 19.4 Å². The molecule has 0 atom stereocenters. The number of aliphatic hydroxyl groups excluding tert-OH is 1. The smallest absolute Gasteiger partial charge is 0.358 e. The van der Waals surface area contributed by atoms with Crippen LogP contribution in [0.15, 0.2) is 12.4 Å². The molecular weight excluding hydrogens is 262 g/mol. The molecule has 7 heteroatoms. The minimum Gasteiger partial charge on any atom is -0.464 e. The Hall–Kier alpha value is -1.73. The van der Waals surface area contributed by atoms with Crippen LogP contribution in [0.3, 0.4) is 0 Å². The van der Waals surface area contributed by atoms with E-state index in [0.717, 1.165) is 31.7 Å². The minimum atomic E-state index is -0.486. The number of methoxy groups -OCH3 is 1. The summed E-state index contributed by atoms with van der Waals surface area (Å²) in [5, 5.41) is 8.73. The predicted molar refractivity (Wildman–Crippen MR) is 71.6 cm³/mol. The van der Waals surface area contributed by atoms with Crippen molar-refractivity contribution in [3.05, 3.63) is 18.1 Å². The zero-order valence-electron chi connectivity index (χ0n) is 11.5. The molecular formula is C13H19N3O4. The second-order valence-electron chi connectivity index (χ2n) is 4.53. The molecule has 2 rings (SSSR count). The summed E-state index contributed by atoms with van der Waals surface area (Å²) >= 11 is 0. The summed E-state index contributed by atoms with van der Waals surface area (Å²) in [6.45, 7) is 2.09. The first-order valence-electron chi connectivity index (χ1n) is 6.62. The van der Waals surface area contributed by atoms with Crippen LogP contribution >= 0.6 is 0 Å². The first-order chi connectivity index (χ1) is 9.74. The summed E-state index contributed by atoms with van der Waals surface area (Å²) in [4.78, 5) is 21.7. The van der Waals surface area contributed by atoms with Gasteiger partial charge < -0.3 is 19.5 Å². The fourth-order valence-corrected chi connectivity index (χ4v) is 2.17. The SMILES string of the molecule is COC(=O)c1cnc(N2CCC(OCCO)CC2)cn1. The molecule has 7 nitrogen and oxygen atoms in total. The van der Waals surface area contributed by atoms with E-state index in [4.69, 9.17) is 9.84 Å². The monoisotopic (exact) mass is 281 g/mol. The van der Waals surface area contributed by atoms with E-state index in [1.54, 1.807) is 6.20 Å². The maximum atomic E-state index is 11.3. The molecule has 1 saturated heterocycles. The number of hydrogen-bond acceptors (Lipinski definition) is 7. The molecule has 0 saturated carbocycles. The highest BCUT2D eigenvalue weighted by molar-refractivity contribution is 5.86. The van der Waals surface area contributed by atoms with Crippen LogP contribution in [-0.4, -0.2) is 60.6 Å². The third-order valence-corrected chi connectivity index (χ3v) is 3.24. The maximum absolute atomic E-state index is 11.3. The first-order valence-corrected chi connectivity index (χ1v) is 6.62. The number of esters is 1. The molecule has 0 amide bonds. The van der Waals surface area contributed by atoms with Crippen molar-refractivity contribution in [1.29, 1.82) is 0 Å². The Kier molecular flexibility index (Phi) is 5.25. The van der Waals surface area contributed by atoms with E-state index in [1.807, 2.05) is 0 Å². The van der Waals surface area contributed by atoms with Crippen LogP contribution in [0.25, 0.3) is 0 Å². The molecule has 0 unspecified atom stereocenters. The number of ether oxygens (including phenoxy) is 2. The van der Waals surface area contributed by atoms with Crippen LogP contribution in [0.5, 0.6) is 0 Å². The zero-order chi connectivity index (χ0) is 14.4. The summed E-state index contributed by atoms with van der Waals surface area (Å²) in [5.41, 5.74) is 0.206. The Bertz CT molecular complexity index is 430. The summed E-state index contributed by atoms with van der Waals surface area (Å²) in [5.74, 6) is 0.262. The van der Waals surface area contributed by atoms with Gasteiger partial charge in [0.05, 0.1) is 38.8 Å². The van der Waals surface area contributed by atoms with Crippen LogP contribution in [0.4, 0.5) is 5.82 Å². The van der Waals surface area contributed by atoms with Gasteiger partial charge in [-0.1, -0.05) is 0 Å². The van der Waals surface area contributed by atoms with Gasteiger partial charge in [0.1, 0.15) is 5.82 Å². The normalized spacial score (nSPS) is 16.2. The van der Waals surface area contributed by atoms with E-state index in [1.165, 1.54) is 13.3 Å². The van der Waals surface area contributed by atoms with E-state index in [0.29, 0.717) is 6.61 Å². The van der Waals surface area contributed by atoms with Gasteiger partial charge in [0.2, 0.25) is 0 Å². The Morgan fingerprint density at radius 1 is 1.40 bits per heavy atom. The van der Waals surface area contributed by atoms with Gasteiger partial charge in [-0.05, 0) is 12.8 Å². The lowest BCUT2D eigenvalue weighted by Gasteiger charge is -2.32. The van der Waals surface area contributed by atoms with Gasteiger partial charge in [0.15, 0.2) is 5.69 Å². The van der Waals surface area contributed by atoms with Gasteiger partial charge in [-0.3, -0.25) is 0 Å². The van der Waals surface area contributed by atoms with Crippen LogP contribution in [0, 0.1) is 0 Å². The van der Waals surface area contributed by atoms with Crippen LogP contribution < -0.4 is 4.90 Å². The van der Waals surface area contributed by atoms with E-state index >= 15 is 0 Å². The molecule has 1 aliphatic rings. The highest BCUT2D eigenvalue weighted by Crippen LogP contribution is 2.18. The number of rotatable bonds is 5. The molecule has 0 aromatic carbocycles. The highest BCUT2D eigenvalue weighted by atomic mass is 16.5. The second kappa shape index (κ2) is 7.16. The van der Waals surface area contributed by atoms with Crippen LogP contribution in [-0.2, 0) is 9.47 Å². The Morgan fingerprint density at radius 2 is 2.15 bits per heavy atom. The highest BCUT2D eigenvalue weighted by Gasteiger charge is 2.21. The summed E-state index contributed by atoms with van der Waals surface area (Å²) in [6, 6.07) is 0. The Labute approximate surface area is 117 Å². The maximum Gasteiger partial charge on any atom is 0.358 e. The number of carbonyl (C=O) groups excluding carboxylic acids is 1. The number of hydrogen-bond donors (Lipinski definition) is 1. The number of nitrogens with zero attached hydrogens (tertiary/aromatic N) is 3. The van der Waals surface area contributed by atoms with Crippen molar-refractivity contribution in [3.8, 4) is 0 Å². The molecule has 0 spiro atoms. The number of aliphatic hydroxyl groups is 1. The number of carbonyl (C=O) groups is 1. The standard InChI is InChI=1S/C13H19N3O4/c1-19-13(18)11-8-15-12(9-14-11)16-4-2-10(3-5-16)20-7-6-17/h8-10,17H,2-7H2,1H3. The fraction of sp³-hybridized carbons (Fsp3) is 0.615. The number of aromatic nitrogens is 2. The van der Waals surface area contributed by atoms with Crippen molar-refractivity contribution in [3.63, 3.8) is 0 Å². The molecule has 1 aliphatic heterocycles. The zero-order valence-corrected chi connectivity index (χ0v) is 11.5. The third kappa shape index (κ3) is 3.64. The largest absolute Gasteiger partial charge is 0.464 e. The van der Waals surface area contributed by atoms with Crippen molar-refractivity contribution in [1.82, 2.24) is 9.97 Å². The topological polar surface area (TPSA) is 84.8 Å². The van der Waals surface area contributed by atoms with Crippen molar-refractivity contribution in [2.45, 2.75) is 18.9 Å². The lowest BCUT2D eigenvalue weighted by Crippen LogP contribution is -2.38. The molecule has 0 aliphatic carbocycles. The molecule has 0 bridgehead atoms. The van der Waals surface area contributed by atoms with Crippen molar-refractivity contribution in [2.24, 2.45) is 0 Å². The first kappa shape index (κ1) is 14.7. The Morgan fingerprint density at radius 3 is 2.70 bits per heavy atom. The van der Waals surface area contributed by atoms with E-state index in [2.05, 4.69) is 19.6 Å². The predicted octanol–water partition coefficient (Wildman–Crippen LogP) is 0.241. The summed E-state index contributed by atoms with van der Waals surface area (Å²) in [7, 11) is 1.31. The van der Waals surface area contributed by atoms with Crippen molar-refractivity contribution in [2.75, 3.05) is 38.3 Å². The van der Waals surface area contributed by atoms with Gasteiger partial charge in [0, 0.05) is 13.1 Å². The van der Waals surface area contributed by atoms with Crippen LogP contribution in [0.2, 0.25) is 0 Å². The number of anilines is 1. The third-order valence-electron chi connectivity index (χ3n) is 3.24. The van der Waals surface area contributed by atoms with E-state index in [9.17, 15) is 4.79 Å². The van der Waals surface area contributed by atoms with E-state index in [-0.39, 0.29) is 18.4 Å². The fourth-order valence-electron chi connectivity index (χ4n) is 2.17. The van der Waals surface area contributed by atoms with Gasteiger partial charge in [-0.15, -0.1) is 0 Å². The van der Waals surface area contributed by atoms with Crippen LogP contribution in [0.1, 0.15) is 23.3 Å². The molecule has 1 fully saturated rings. The second-order valence-corrected chi connectivity index (χ2v) is 4.53. The van der Waals surface area contributed by atoms with Gasteiger partial charge in [0.25, 0.3) is 0 Å². The summed E-state index contributed by atoms with van der Waals surface area (Å²) in [6.07, 6.45) is 4.98. The molecule has 110 valence electrons. The van der Waals surface area contributed by atoms with Crippen molar-refractivity contribution >= 4 is 11.8 Å². The molecule has 0 radical (unpaired) electrons. The Balaban J connectivity index is 1.89. The quantitative estimate of drug-likeness (QED) is 0.774. The molecule has 1 N–H and O–H groups in total. The molecule has 2 heterocycles. The molecule has 1 aromatic heterocycles. The minimum absolute atomic E-state index is 0.0562. The average Bonchev–Trinajstić information content (AvgIpc) is 2.53. The lowest BCUT2D eigenvalue weighted by atomic mass is 10.1. The van der Waals surface area contributed by atoms with Gasteiger partial charge in [-0.25, -0.2) is 14.8 Å².